The van der Waals surface area contributed by atoms with Crippen LogP contribution in [0.5, 0.6) is 0 Å². The van der Waals surface area contributed by atoms with E-state index in [2.05, 4.69) is 14.7 Å². The predicted octanol–water partition coefficient (Wildman–Crippen LogP) is 4.32. The average Bonchev–Trinajstić information content (AvgIpc) is 2.69. The lowest BCUT2D eigenvalue weighted by Gasteiger charge is -2.08. The minimum atomic E-state index is -0.676. The van der Waals surface area contributed by atoms with E-state index in [1.807, 2.05) is 22.6 Å². The minimum absolute atomic E-state index is 0.137. The van der Waals surface area contributed by atoms with Crippen LogP contribution in [0, 0.1) is 15.2 Å². The van der Waals surface area contributed by atoms with Gasteiger partial charge >= 0.3 is 5.97 Å². The fraction of sp³-hybridized carbons (Fsp3) is 0.150. The Morgan fingerprint density at radius 1 is 1.14 bits per heavy atom. The third kappa shape index (κ3) is 5.63. The molecule has 0 radical (unpaired) electrons. The fourth-order valence-electron chi connectivity index (χ4n) is 2.58. The van der Waals surface area contributed by atoms with Gasteiger partial charge in [0, 0.05) is 18.2 Å². The van der Waals surface area contributed by atoms with Crippen LogP contribution < -0.4 is 5.56 Å². The zero-order chi connectivity index (χ0) is 21.0. The van der Waals surface area contributed by atoms with Crippen molar-refractivity contribution < 1.29 is 18.3 Å². The first kappa shape index (κ1) is 21.4. The number of carbonyl (C=O) groups is 1. The molecule has 9 heteroatoms. The lowest BCUT2D eigenvalue weighted by molar-refractivity contribution is 0.0600. The van der Waals surface area contributed by atoms with Crippen molar-refractivity contribution in [3.05, 3.63) is 90.4 Å². The van der Waals surface area contributed by atoms with Crippen molar-refractivity contribution in [3.8, 4) is 0 Å². The van der Waals surface area contributed by atoms with Gasteiger partial charge in [0.1, 0.15) is 15.2 Å². The Morgan fingerprint density at radius 2 is 1.79 bits per heavy atom. The molecule has 0 spiro atoms. The van der Waals surface area contributed by atoms with Gasteiger partial charge in [-0.3, -0.25) is 4.79 Å². The van der Waals surface area contributed by atoms with Crippen molar-refractivity contribution >= 4 is 40.3 Å². The number of halogens is 3. The number of nitrogens with zero attached hydrogens (tertiary/aromatic N) is 1. The van der Waals surface area contributed by atoms with Crippen molar-refractivity contribution in [1.29, 1.82) is 0 Å². The van der Waals surface area contributed by atoms with Crippen LogP contribution in [0.15, 0.2) is 52.4 Å². The van der Waals surface area contributed by atoms with Crippen LogP contribution in [-0.2, 0) is 16.9 Å². The summed E-state index contributed by atoms with van der Waals surface area (Å²) in [7, 11) is 1.32. The van der Waals surface area contributed by atoms with Gasteiger partial charge < -0.3 is 9.72 Å². The van der Waals surface area contributed by atoms with Crippen LogP contribution in [0.4, 0.5) is 8.78 Å². The smallest absolute Gasteiger partial charge is 0.337 e. The molecular weight excluding hydrogens is 513 g/mol. The van der Waals surface area contributed by atoms with Crippen LogP contribution in [0.3, 0.4) is 0 Å². The minimum Gasteiger partial charge on any atom is -0.465 e. The summed E-state index contributed by atoms with van der Waals surface area (Å²) in [6.07, 6.45) is 0.137. The van der Waals surface area contributed by atoms with E-state index in [0.29, 0.717) is 31.3 Å². The fourth-order valence-corrected chi connectivity index (χ4v) is 3.86. The van der Waals surface area contributed by atoms with Gasteiger partial charge in [-0.05, 0) is 58.0 Å². The van der Waals surface area contributed by atoms with E-state index in [1.54, 1.807) is 24.3 Å². The SMILES string of the molecule is COC(=O)c1ccc(CSc2nc(Cc3cc(F)cc(F)c3)c(I)c(=O)[nH]2)cc1. The van der Waals surface area contributed by atoms with Crippen molar-refractivity contribution in [1.82, 2.24) is 9.97 Å². The topological polar surface area (TPSA) is 72.0 Å². The molecule has 1 N–H and O–H groups in total. The van der Waals surface area contributed by atoms with Crippen LogP contribution >= 0.6 is 34.4 Å². The molecule has 150 valence electrons. The Morgan fingerprint density at radius 3 is 2.41 bits per heavy atom. The van der Waals surface area contributed by atoms with Crippen LogP contribution in [0.1, 0.15) is 27.2 Å². The molecule has 0 aliphatic rings. The lowest BCUT2D eigenvalue weighted by Crippen LogP contribution is -2.16. The Bertz CT molecular complexity index is 1080. The van der Waals surface area contributed by atoms with Gasteiger partial charge in [0.05, 0.1) is 18.4 Å². The first-order chi connectivity index (χ1) is 13.9. The van der Waals surface area contributed by atoms with Crippen molar-refractivity contribution in [2.45, 2.75) is 17.3 Å². The number of thioether (sulfide) groups is 1. The number of methoxy groups -OCH3 is 1. The molecule has 1 aromatic heterocycles. The maximum Gasteiger partial charge on any atom is 0.337 e. The zero-order valence-electron chi connectivity index (χ0n) is 15.2. The van der Waals surface area contributed by atoms with Crippen molar-refractivity contribution in [2.24, 2.45) is 0 Å². The standard InChI is InChI=1S/C20H15F2IN2O3S/c1-28-19(27)13-4-2-11(3-5-13)10-29-20-24-16(17(23)18(26)25-20)8-12-6-14(21)9-15(22)7-12/h2-7,9H,8,10H2,1H3,(H,24,25,26). The second-order valence-corrected chi connectivity index (χ2v) is 8.11. The maximum absolute atomic E-state index is 13.4. The number of ether oxygens (including phenoxy) is 1. The van der Waals surface area contributed by atoms with Crippen molar-refractivity contribution in [3.63, 3.8) is 0 Å². The van der Waals surface area contributed by atoms with E-state index >= 15 is 0 Å². The molecule has 0 unspecified atom stereocenters. The highest BCUT2D eigenvalue weighted by Crippen LogP contribution is 2.21. The van der Waals surface area contributed by atoms with E-state index in [-0.39, 0.29) is 12.0 Å². The number of hydrogen-bond acceptors (Lipinski definition) is 5. The summed E-state index contributed by atoms with van der Waals surface area (Å²) in [6, 6.07) is 10.1. The summed E-state index contributed by atoms with van der Waals surface area (Å²) < 4.78 is 31.9. The van der Waals surface area contributed by atoms with Gasteiger partial charge in [-0.2, -0.15) is 0 Å². The van der Waals surface area contributed by atoms with Crippen molar-refractivity contribution in [2.75, 3.05) is 7.11 Å². The molecule has 0 amide bonds. The number of H-pyrrole nitrogens is 1. The second-order valence-electron chi connectivity index (χ2n) is 6.06. The maximum atomic E-state index is 13.4. The van der Waals surface area contributed by atoms with Gasteiger partial charge in [0.15, 0.2) is 5.16 Å². The molecule has 3 aromatic rings. The zero-order valence-corrected chi connectivity index (χ0v) is 18.1. The summed E-state index contributed by atoms with van der Waals surface area (Å²) in [5.41, 5.74) is 1.91. The van der Waals surface area contributed by atoms with Gasteiger partial charge in [-0.1, -0.05) is 23.9 Å². The molecule has 29 heavy (non-hydrogen) atoms. The van der Waals surface area contributed by atoms with Gasteiger partial charge in [0.2, 0.25) is 0 Å². The summed E-state index contributed by atoms with van der Waals surface area (Å²) in [5, 5.41) is 0.402. The Balaban J connectivity index is 1.76. The summed E-state index contributed by atoms with van der Waals surface area (Å²) in [4.78, 5) is 30.9. The van der Waals surface area contributed by atoms with E-state index in [1.165, 1.54) is 31.0 Å². The summed E-state index contributed by atoms with van der Waals surface area (Å²) in [6.45, 7) is 0. The molecule has 0 saturated carbocycles. The molecule has 0 aliphatic carbocycles. The summed E-state index contributed by atoms with van der Waals surface area (Å²) >= 11 is 3.19. The molecule has 0 fully saturated rings. The molecular formula is C20H15F2IN2O3S. The Kier molecular flexibility index (Phi) is 7.01. The quantitative estimate of drug-likeness (QED) is 0.223. The largest absolute Gasteiger partial charge is 0.465 e. The number of benzene rings is 2. The molecule has 5 nitrogen and oxygen atoms in total. The number of aromatic amines is 1. The number of aromatic nitrogens is 2. The summed E-state index contributed by atoms with van der Waals surface area (Å²) in [5.74, 6) is -1.25. The van der Waals surface area contributed by atoms with E-state index in [0.717, 1.165) is 11.6 Å². The number of hydrogen-bond donors (Lipinski definition) is 1. The first-order valence-corrected chi connectivity index (χ1v) is 10.5. The van der Waals surface area contributed by atoms with Crippen LogP contribution in [-0.4, -0.2) is 23.0 Å². The van der Waals surface area contributed by atoms with E-state index < -0.39 is 17.6 Å². The predicted molar refractivity (Wildman–Crippen MR) is 114 cm³/mol. The highest BCUT2D eigenvalue weighted by Gasteiger charge is 2.12. The molecule has 0 aliphatic heterocycles. The molecule has 0 bridgehead atoms. The average molecular weight is 528 g/mol. The van der Waals surface area contributed by atoms with E-state index in [9.17, 15) is 18.4 Å². The molecule has 2 aromatic carbocycles. The normalized spacial score (nSPS) is 10.8. The molecule has 0 saturated heterocycles. The monoisotopic (exact) mass is 528 g/mol. The third-order valence-electron chi connectivity index (χ3n) is 3.95. The van der Waals surface area contributed by atoms with E-state index in [4.69, 9.17) is 0 Å². The number of nitrogens with one attached hydrogen (secondary N) is 1. The highest BCUT2D eigenvalue weighted by molar-refractivity contribution is 14.1. The number of rotatable bonds is 6. The Labute approximate surface area is 183 Å². The highest BCUT2D eigenvalue weighted by atomic mass is 127. The lowest BCUT2D eigenvalue weighted by atomic mass is 10.1. The molecule has 3 rings (SSSR count). The van der Waals surface area contributed by atoms with Crippen LogP contribution in [0.2, 0.25) is 0 Å². The number of esters is 1. The van der Waals surface area contributed by atoms with Crippen LogP contribution in [0.25, 0.3) is 0 Å². The first-order valence-electron chi connectivity index (χ1n) is 8.39. The molecule has 1 heterocycles. The third-order valence-corrected chi connectivity index (χ3v) is 6.01. The van der Waals surface area contributed by atoms with Gasteiger partial charge in [-0.15, -0.1) is 0 Å². The second kappa shape index (κ2) is 9.49. The Hall–Kier alpha value is -2.27. The van der Waals surface area contributed by atoms with Gasteiger partial charge in [-0.25, -0.2) is 18.6 Å². The van der Waals surface area contributed by atoms with Gasteiger partial charge in [0.25, 0.3) is 5.56 Å². The molecule has 0 atom stereocenters. The number of carbonyl (C=O) groups excluding carboxylic acids is 1.